The van der Waals surface area contributed by atoms with Gasteiger partial charge < -0.3 is 25.1 Å². The fourth-order valence-corrected chi connectivity index (χ4v) is 4.48. The van der Waals surface area contributed by atoms with E-state index in [1.54, 1.807) is 37.4 Å². The van der Waals surface area contributed by atoms with Crippen LogP contribution in [0, 0.1) is 12.7 Å². The van der Waals surface area contributed by atoms with Gasteiger partial charge in [-0.25, -0.2) is 18.9 Å². The van der Waals surface area contributed by atoms with E-state index in [-0.39, 0.29) is 41.8 Å². The molecular weight excluding hydrogens is 557 g/mol. The van der Waals surface area contributed by atoms with Crippen molar-refractivity contribution >= 4 is 40.9 Å². The molecule has 0 radical (unpaired) electrons. The van der Waals surface area contributed by atoms with Crippen LogP contribution in [0.5, 0.6) is 0 Å². The van der Waals surface area contributed by atoms with Gasteiger partial charge in [-0.05, 0) is 37.3 Å². The van der Waals surface area contributed by atoms with Gasteiger partial charge in [0.25, 0.3) is 5.91 Å². The number of H-pyrrole nitrogens is 1. The fourth-order valence-electron chi connectivity index (χ4n) is 4.31. The molecule has 212 valence electrons. The molecular formula is C27H25ClFN7O5. The van der Waals surface area contributed by atoms with Crippen molar-refractivity contribution in [1.82, 2.24) is 25.1 Å². The summed E-state index contributed by atoms with van der Waals surface area (Å²) < 4.78 is 26.3. The topological polar surface area (TPSA) is 152 Å². The molecule has 2 aromatic carbocycles. The van der Waals surface area contributed by atoms with E-state index in [1.807, 2.05) is 0 Å². The standard InChI is InChI=1S/C27H25ClFN7O5/c1-14-17(11-31-36(14)22-5-3-4-18(28)24(22)29)26(38)35-21-13-41-9-8-23(37)33-19-10-15(32-27(39)40-2)6-7-16(19)20-12-30-25(21)34-20/h3-7,10-12,21H,8-9,13H2,1-2H3,(H,30,34)(H,32,39)(H,33,37)(H,35,38). The molecule has 12 nitrogen and oxygen atoms in total. The smallest absolute Gasteiger partial charge is 0.411 e. The molecule has 41 heavy (non-hydrogen) atoms. The van der Waals surface area contributed by atoms with Gasteiger partial charge in [-0.1, -0.05) is 17.7 Å². The van der Waals surface area contributed by atoms with Crippen LogP contribution in [0.4, 0.5) is 20.6 Å². The summed E-state index contributed by atoms with van der Waals surface area (Å²) in [5.74, 6) is -1.03. The number of ether oxygens (including phenoxy) is 2. The van der Waals surface area contributed by atoms with Crippen LogP contribution < -0.4 is 16.0 Å². The molecule has 2 bridgehead atoms. The lowest BCUT2D eigenvalue weighted by atomic mass is 10.1. The summed E-state index contributed by atoms with van der Waals surface area (Å²) in [4.78, 5) is 45.2. The summed E-state index contributed by atoms with van der Waals surface area (Å²) in [5, 5.41) is 12.4. The average Bonchev–Trinajstić information content (AvgIpc) is 3.59. The number of rotatable bonds is 4. The predicted octanol–water partition coefficient (Wildman–Crippen LogP) is 4.37. The Morgan fingerprint density at radius 2 is 2.07 bits per heavy atom. The minimum absolute atomic E-state index is 0.0247. The number of carbonyl (C=O) groups is 3. The zero-order chi connectivity index (χ0) is 29.1. The molecule has 4 aromatic rings. The van der Waals surface area contributed by atoms with E-state index >= 15 is 0 Å². The van der Waals surface area contributed by atoms with Crippen molar-refractivity contribution in [1.29, 1.82) is 0 Å². The highest BCUT2D eigenvalue weighted by molar-refractivity contribution is 6.30. The third kappa shape index (κ3) is 5.90. The summed E-state index contributed by atoms with van der Waals surface area (Å²) >= 11 is 5.92. The molecule has 3 amide bonds. The molecule has 1 aliphatic heterocycles. The fraction of sp³-hybridized carbons (Fsp3) is 0.222. The first-order chi connectivity index (χ1) is 19.7. The number of aromatic amines is 1. The molecule has 5 rings (SSSR count). The van der Waals surface area contributed by atoms with Gasteiger partial charge in [0.05, 0.1) is 66.8 Å². The van der Waals surface area contributed by atoms with Gasteiger partial charge in [0.1, 0.15) is 17.6 Å². The van der Waals surface area contributed by atoms with E-state index < -0.39 is 23.9 Å². The van der Waals surface area contributed by atoms with Crippen LogP contribution in [0.2, 0.25) is 5.02 Å². The monoisotopic (exact) mass is 581 g/mol. The molecule has 0 fully saturated rings. The molecule has 2 aromatic heterocycles. The quantitative estimate of drug-likeness (QED) is 0.279. The Morgan fingerprint density at radius 1 is 1.24 bits per heavy atom. The summed E-state index contributed by atoms with van der Waals surface area (Å²) in [5.41, 5.74) is 2.74. The zero-order valence-electron chi connectivity index (χ0n) is 22.0. The number of carbonyl (C=O) groups excluding carboxylic acids is 3. The summed E-state index contributed by atoms with van der Waals surface area (Å²) in [6.45, 7) is 1.74. The lowest BCUT2D eigenvalue weighted by Gasteiger charge is -2.18. The third-order valence-electron chi connectivity index (χ3n) is 6.42. The van der Waals surface area contributed by atoms with Gasteiger partial charge >= 0.3 is 6.09 Å². The molecule has 1 atom stereocenters. The number of fused-ring (bicyclic) bond motifs is 4. The van der Waals surface area contributed by atoms with Crippen LogP contribution in [0.25, 0.3) is 16.9 Å². The van der Waals surface area contributed by atoms with Crippen molar-refractivity contribution in [3.63, 3.8) is 0 Å². The second-order valence-electron chi connectivity index (χ2n) is 9.09. The third-order valence-corrected chi connectivity index (χ3v) is 6.71. The van der Waals surface area contributed by atoms with Gasteiger partial charge in [-0.2, -0.15) is 5.10 Å². The van der Waals surface area contributed by atoms with Crippen molar-refractivity contribution in [3.05, 3.63) is 76.7 Å². The molecule has 4 N–H and O–H groups in total. The molecule has 0 saturated carbocycles. The Balaban J connectivity index is 1.43. The van der Waals surface area contributed by atoms with Gasteiger partial charge in [-0.3, -0.25) is 14.9 Å². The Labute approximate surface area is 238 Å². The van der Waals surface area contributed by atoms with Crippen LogP contribution in [0.15, 0.2) is 48.8 Å². The van der Waals surface area contributed by atoms with Crippen molar-refractivity contribution in [2.75, 3.05) is 31.0 Å². The molecule has 0 spiro atoms. The van der Waals surface area contributed by atoms with E-state index in [2.05, 4.69) is 35.8 Å². The highest BCUT2D eigenvalue weighted by Crippen LogP contribution is 2.31. The van der Waals surface area contributed by atoms with Crippen molar-refractivity contribution in [2.24, 2.45) is 0 Å². The minimum atomic E-state index is -0.715. The summed E-state index contributed by atoms with van der Waals surface area (Å²) in [7, 11) is 1.25. The van der Waals surface area contributed by atoms with Crippen molar-refractivity contribution in [2.45, 2.75) is 19.4 Å². The average molecular weight is 582 g/mol. The molecule has 0 saturated heterocycles. The Hall–Kier alpha value is -4.75. The van der Waals surface area contributed by atoms with Crippen LogP contribution in [0.1, 0.15) is 34.3 Å². The van der Waals surface area contributed by atoms with Gasteiger partial charge in [-0.15, -0.1) is 0 Å². The Bertz CT molecular complexity index is 1640. The first kappa shape index (κ1) is 27.8. The number of nitrogens with one attached hydrogen (secondary N) is 4. The molecule has 0 aliphatic carbocycles. The first-order valence-corrected chi connectivity index (χ1v) is 12.8. The highest BCUT2D eigenvalue weighted by atomic mass is 35.5. The lowest BCUT2D eigenvalue weighted by Crippen LogP contribution is -2.33. The van der Waals surface area contributed by atoms with Gasteiger partial charge in [0.15, 0.2) is 5.82 Å². The normalized spacial score (nSPS) is 15.1. The van der Waals surface area contributed by atoms with Crippen LogP contribution in [-0.4, -0.2) is 58.0 Å². The maximum absolute atomic E-state index is 14.6. The molecule has 1 aliphatic rings. The molecule has 3 heterocycles. The number of amides is 3. The number of aromatic nitrogens is 4. The number of benzene rings is 2. The number of halogens is 2. The molecule has 14 heteroatoms. The van der Waals surface area contributed by atoms with Crippen LogP contribution in [-0.2, 0) is 14.3 Å². The maximum Gasteiger partial charge on any atom is 0.411 e. The van der Waals surface area contributed by atoms with Crippen molar-refractivity contribution < 1.29 is 28.2 Å². The SMILES string of the molecule is COC(=O)Nc1ccc2c(c1)NC(=O)CCOCC(NC(=O)c1cnn(-c3cccc(Cl)c3F)c1C)c1ncc-2[nH]1. The van der Waals surface area contributed by atoms with E-state index in [9.17, 15) is 18.8 Å². The summed E-state index contributed by atoms with van der Waals surface area (Å²) in [6, 6.07) is 8.77. The van der Waals surface area contributed by atoms with Crippen LogP contribution in [0.3, 0.4) is 0 Å². The number of methoxy groups -OCH3 is 1. The Kier molecular flexibility index (Phi) is 7.99. The number of hydrogen-bond acceptors (Lipinski definition) is 7. The minimum Gasteiger partial charge on any atom is -0.453 e. The maximum atomic E-state index is 14.6. The van der Waals surface area contributed by atoms with Gasteiger partial charge in [0, 0.05) is 11.3 Å². The number of nitrogens with zero attached hydrogens (tertiary/aromatic N) is 3. The van der Waals surface area contributed by atoms with Crippen molar-refractivity contribution in [3.8, 4) is 16.9 Å². The number of imidazole rings is 1. The lowest BCUT2D eigenvalue weighted by molar-refractivity contribution is -0.117. The predicted molar refractivity (Wildman–Crippen MR) is 148 cm³/mol. The zero-order valence-corrected chi connectivity index (χ0v) is 22.7. The Morgan fingerprint density at radius 3 is 2.88 bits per heavy atom. The van der Waals surface area contributed by atoms with Crippen LogP contribution >= 0.6 is 11.6 Å². The highest BCUT2D eigenvalue weighted by Gasteiger charge is 2.24. The number of anilines is 2. The van der Waals surface area contributed by atoms with E-state index in [4.69, 9.17) is 16.3 Å². The second kappa shape index (κ2) is 11.8. The van der Waals surface area contributed by atoms with Gasteiger partial charge in [0.2, 0.25) is 5.91 Å². The van der Waals surface area contributed by atoms with E-state index in [0.717, 1.165) is 0 Å². The first-order valence-electron chi connectivity index (χ1n) is 12.5. The largest absolute Gasteiger partial charge is 0.453 e. The van der Waals surface area contributed by atoms with E-state index in [0.29, 0.717) is 34.2 Å². The number of hydrogen-bond donors (Lipinski definition) is 4. The second-order valence-corrected chi connectivity index (χ2v) is 9.49. The summed E-state index contributed by atoms with van der Waals surface area (Å²) in [6.07, 6.45) is 2.30. The van der Waals surface area contributed by atoms with E-state index in [1.165, 1.54) is 30.1 Å². The molecule has 1 unspecified atom stereocenters.